The van der Waals surface area contributed by atoms with Crippen LogP contribution in [-0.2, 0) is 0 Å². The van der Waals surface area contributed by atoms with Crippen molar-refractivity contribution in [2.24, 2.45) is 0 Å². The van der Waals surface area contributed by atoms with Gasteiger partial charge in [-0.05, 0) is 19.1 Å². The van der Waals surface area contributed by atoms with Gasteiger partial charge in [0, 0.05) is 17.8 Å². The summed E-state index contributed by atoms with van der Waals surface area (Å²) in [5.41, 5.74) is 7.56. The van der Waals surface area contributed by atoms with Gasteiger partial charge in [0.1, 0.15) is 10.5 Å². The third-order valence-electron chi connectivity index (χ3n) is 2.67. The lowest BCUT2D eigenvalue weighted by atomic mass is 10.3. The molecule has 0 aliphatic carbocycles. The van der Waals surface area contributed by atoms with Gasteiger partial charge in [0.2, 0.25) is 5.95 Å². The Hall–Kier alpha value is -1.95. The first-order chi connectivity index (χ1) is 8.27. The molecule has 1 unspecified atom stereocenters. The summed E-state index contributed by atoms with van der Waals surface area (Å²) in [4.78, 5) is 12.9. The van der Waals surface area contributed by atoms with Crippen molar-refractivity contribution in [2.45, 2.75) is 13.0 Å². The lowest BCUT2D eigenvalue weighted by molar-refractivity contribution is 0.657. The Bertz CT molecular complexity index is 643. The van der Waals surface area contributed by atoms with E-state index in [1.54, 1.807) is 23.7 Å². The molecule has 0 aliphatic heterocycles. The number of rotatable bonds is 2. The summed E-state index contributed by atoms with van der Waals surface area (Å²) in [6.45, 7) is 2.05. The van der Waals surface area contributed by atoms with Crippen molar-refractivity contribution in [1.82, 2.24) is 19.5 Å². The molecule has 17 heavy (non-hydrogen) atoms. The normalized spacial score (nSPS) is 13.0. The van der Waals surface area contributed by atoms with Crippen LogP contribution >= 0.6 is 11.3 Å². The molecule has 2 N–H and O–H groups in total. The minimum absolute atomic E-state index is 0.0508. The average molecular weight is 245 g/mol. The Morgan fingerprint density at radius 3 is 3.00 bits per heavy atom. The number of nitrogen functional groups attached to an aromatic ring is 1. The van der Waals surface area contributed by atoms with Gasteiger partial charge in [0.25, 0.3) is 0 Å². The summed E-state index contributed by atoms with van der Waals surface area (Å²) in [7, 11) is 0. The van der Waals surface area contributed by atoms with E-state index in [0.29, 0.717) is 5.95 Å². The number of hydrogen-bond acceptors (Lipinski definition) is 5. The van der Waals surface area contributed by atoms with Crippen LogP contribution < -0.4 is 5.73 Å². The highest BCUT2D eigenvalue weighted by Crippen LogP contribution is 2.26. The van der Waals surface area contributed by atoms with E-state index >= 15 is 0 Å². The standard InChI is InChI=1S/C11H11N5S/c1-7(10-14-5-6-17-10)16-9-8(15-11(16)12)3-2-4-13-9/h2-7H,1H3,(H2,12,15). The molecule has 0 spiro atoms. The van der Waals surface area contributed by atoms with E-state index in [-0.39, 0.29) is 6.04 Å². The van der Waals surface area contributed by atoms with Crippen LogP contribution in [0.3, 0.4) is 0 Å². The Kier molecular flexibility index (Phi) is 2.29. The molecule has 0 saturated heterocycles. The number of imidazole rings is 1. The van der Waals surface area contributed by atoms with E-state index in [1.165, 1.54) is 0 Å². The molecule has 0 saturated carbocycles. The molecule has 0 fully saturated rings. The van der Waals surface area contributed by atoms with E-state index in [4.69, 9.17) is 5.73 Å². The fourth-order valence-corrected chi connectivity index (χ4v) is 2.57. The smallest absolute Gasteiger partial charge is 0.203 e. The van der Waals surface area contributed by atoms with Gasteiger partial charge in [-0.3, -0.25) is 4.57 Å². The molecule has 0 bridgehead atoms. The molecule has 0 radical (unpaired) electrons. The summed E-state index contributed by atoms with van der Waals surface area (Å²) in [5, 5.41) is 2.95. The van der Waals surface area contributed by atoms with Crippen LogP contribution in [0.2, 0.25) is 0 Å². The highest BCUT2D eigenvalue weighted by molar-refractivity contribution is 7.09. The number of nitrogens with two attached hydrogens (primary N) is 1. The molecule has 0 aromatic carbocycles. The fourth-order valence-electron chi connectivity index (χ4n) is 1.88. The second-order valence-corrected chi connectivity index (χ2v) is 4.66. The van der Waals surface area contributed by atoms with Gasteiger partial charge >= 0.3 is 0 Å². The molecule has 0 amide bonds. The first kappa shape index (κ1) is 10.2. The zero-order chi connectivity index (χ0) is 11.8. The van der Waals surface area contributed by atoms with Crippen molar-refractivity contribution in [3.05, 3.63) is 34.9 Å². The quantitative estimate of drug-likeness (QED) is 0.750. The lowest BCUT2D eigenvalue weighted by Gasteiger charge is -2.12. The summed E-state index contributed by atoms with van der Waals surface area (Å²) in [6, 6.07) is 3.81. The maximum Gasteiger partial charge on any atom is 0.203 e. The first-order valence-corrected chi connectivity index (χ1v) is 6.13. The maximum atomic E-state index is 5.95. The number of nitrogens with zero attached hydrogens (tertiary/aromatic N) is 4. The minimum Gasteiger partial charge on any atom is -0.369 e. The van der Waals surface area contributed by atoms with Crippen LogP contribution in [-0.4, -0.2) is 19.5 Å². The third-order valence-corrected chi connectivity index (χ3v) is 3.62. The maximum absolute atomic E-state index is 5.95. The van der Waals surface area contributed by atoms with Gasteiger partial charge in [-0.15, -0.1) is 11.3 Å². The second-order valence-electron chi connectivity index (χ2n) is 3.73. The Balaban J connectivity index is 2.20. The lowest BCUT2D eigenvalue weighted by Crippen LogP contribution is -2.10. The van der Waals surface area contributed by atoms with E-state index in [9.17, 15) is 0 Å². The molecule has 0 aliphatic rings. The molecular weight excluding hydrogens is 234 g/mol. The van der Waals surface area contributed by atoms with Gasteiger partial charge in [0.05, 0.1) is 6.04 Å². The Morgan fingerprint density at radius 2 is 2.24 bits per heavy atom. The van der Waals surface area contributed by atoms with Gasteiger partial charge in [-0.2, -0.15) is 0 Å². The summed E-state index contributed by atoms with van der Waals surface area (Å²) >= 11 is 1.60. The van der Waals surface area contributed by atoms with Crippen molar-refractivity contribution in [3.8, 4) is 0 Å². The number of hydrogen-bond donors (Lipinski definition) is 1. The van der Waals surface area contributed by atoms with Gasteiger partial charge in [-0.1, -0.05) is 0 Å². The number of fused-ring (bicyclic) bond motifs is 1. The van der Waals surface area contributed by atoms with Crippen LogP contribution in [0.4, 0.5) is 5.95 Å². The number of anilines is 1. The first-order valence-electron chi connectivity index (χ1n) is 5.25. The average Bonchev–Trinajstić information content (AvgIpc) is 2.94. The van der Waals surface area contributed by atoms with E-state index in [2.05, 4.69) is 15.0 Å². The molecule has 1 atom stereocenters. The summed E-state index contributed by atoms with van der Waals surface area (Å²) < 4.78 is 1.91. The molecule has 3 aromatic rings. The predicted octanol–water partition coefficient (Wildman–Crippen LogP) is 2.08. The van der Waals surface area contributed by atoms with Crippen LogP contribution in [0.15, 0.2) is 29.9 Å². The zero-order valence-corrected chi connectivity index (χ0v) is 10.1. The van der Waals surface area contributed by atoms with Crippen molar-refractivity contribution < 1.29 is 0 Å². The Labute approximate surface area is 102 Å². The van der Waals surface area contributed by atoms with Gasteiger partial charge in [0.15, 0.2) is 5.65 Å². The molecule has 5 nitrogen and oxygen atoms in total. The van der Waals surface area contributed by atoms with E-state index in [1.807, 2.05) is 29.0 Å². The van der Waals surface area contributed by atoms with Crippen LogP contribution in [0.1, 0.15) is 18.0 Å². The van der Waals surface area contributed by atoms with Crippen LogP contribution in [0.25, 0.3) is 11.2 Å². The monoisotopic (exact) mass is 245 g/mol. The topological polar surface area (TPSA) is 69.6 Å². The van der Waals surface area contributed by atoms with E-state index in [0.717, 1.165) is 16.2 Å². The molecule has 6 heteroatoms. The number of thiazole rings is 1. The minimum atomic E-state index is 0.0508. The largest absolute Gasteiger partial charge is 0.369 e. The highest BCUT2D eigenvalue weighted by Gasteiger charge is 2.17. The summed E-state index contributed by atoms with van der Waals surface area (Å²) in [5.74, 6) is 0.474. The molecule has 3 aromatic heterocycles. The molecule has 3 heterocycles. The third kappa shape index (κ3) is 1.57. The van der Waals surface area contributed by atoms with Crippen molar-refractivity contribution in [3.63, 3.8) is 0 Å². The Morgan fingerprint density at radius 1 is 1.35 bits per heavy atom. The van der Waals surface area contributed by atoms with Gasteiger partial charge < -0.3 is 5.73 Å². The van der Waals surface area contributed by atoms with E-state index < -0.39 is 0 Å². The SMILES string of the molecule is CC(c1nccs1)n1c(N)nc2cccnc21. The fraction of sp³-hybridized carbons (Fsp3) is 0.182. The summed E-state index contributed by atoms with van der Waals surface area (Å²) in [6.07, 6.45) is 3.54. The van der Waals surface area contributed by atoms with Crippen molar-refractivity contribution >= 4 is 28.4 Å². The number of aromatic nitrogens is 4. The molecular formula is C11H11N5S. The molecule has 86 valence electrons. The molecule has 3 rings (SSSR count). The van der Waals surface area contributed by atoms with Crippen LogP contribution in [0.5, 0.6) is 0 Å². The van der Waals surface area contributed by atoms with Gasteiger partial charge in [-0.25, -0.2) is 15.0 Å². The van der Waals surface area contributed by atoms with Crippen LogP contribution in [0, 0.1) is 0 Å². The van der Waals surface area contributed by atoms with Crippen molar-refractivity contribution in [1.29, 1.82) is 0 Å². The second kappa shape index (κ2) is 3.81. The van der Waals surface area contributed by atoms with Crippen molar-refractivity contribution in [2.75, 3.05) is 5.73 Å². The number of pyridine rings is 1. The highest BCUT2D eigenvalue weighted by atomic mass is 32.1. The zero-order valence-electron chi connectivity index (χ0n) is 9.24. The predicted molar refractivity (Wildman–Crippen MR) is 67.9 cm³/mol.